The standard InChI is InChI=1S/C62H68N2O9S/c1-3-35-70-62-58(64(41-48-24-16-23-46-21-10-11-25-52(46)48)61(67)69-37-36-68-42-44-17-6-4-7-18-44)40-56(63-71-43-45-19-8-5-9-20-45)54-38-47(22-12-14-33-65)53(26-13-15-34-66)59(60(54)62)55-39-50(29-32-57(55)73-62)72-49-27-30-51(74-2)31-28-49/h3-11,16-21,23-25,27-32,38-39,47,53,58-60,65-66H,1,12-15,22,26,33-37,40-43H2,2H3/t47-,53+,58-,59+,60+,62+/m0/s1. The Kier molecular flexibility index (Phi) is 18.2. The summed E-state index contributed by atoms with van der Waals surface area (Å²) in [4.78, 5) is 24.6. The van der Waals surface area contributed by atoms with Gasteiger partial charge in [0.1, 0.15) is 36.5 Å². The summed E-state index contributed by atoms with van der Waals surface area (Å²) in [6.45, 7) is 5.40. The fourth-order valence-corrected chi connectivity index (χ4v) is 11.6. The molecule has 0 aromatic heterocycles. The molecule has 0 unspecified atom stereocenters. The number of hydrogen-bond donors (Lipinski definition) is 2. The zero-order chi connectivity index (χ0) is 51.1. The monoisotopic (exact) mass is 1020 g/mol. The molecule has 74 heavy (non-hydrogen) atoms. The highest BCUT2D eigenvalue weighted by molar-refractivity contribution is 7.98. The Morgan fingerprint density at radius 1 is 0.811 bits per heavy atom. The third-order valence-electron chi connectivity index (χ3n) is 14.6. The molecule has 2 aliphatic carbocycles. The highest BCUT2D eigenvalue weighted by Crippen LogP contribution is 2.62. The van der Waals surface area contributed by atoms with Gasteiger partial charge in [0.2, 0.25) is 5.79 Å². The molecule has 0 radical (unpaired) electrons. The van der Waals surface area contributed by atoms with Gasteiger partial charge in [0.25, 0.3) is 0 Å². The van der Waals surface area contributed by atoms with Gasteiger partial charge in [0.05, 0.1) is 38.0 Å². The predicted octanol–water partition coefficient (Wildman–Crippen LogP) is 13.0. The molecule has 1 heterocycles. The number of carbonyl (C=O) groups excluding carboxylic acids is 1. The number of benzene rings is 6. The van der Waals surface area contributed by atoms with Gasteiger partial charge in [0.15, 0.2) is 0 Å². The molecule has 11 nitrogen and oxygen atoms in total. The summed E-state index contributed by atoms with van der Waals surface area (Å²) >= 11 is 1.67. The van der Waals surface area contributed by atoms with Gasteiger partial charge >= 0.3 is 6.09 Å². The van der Waals surface area contributed by atoms with Gasteiger partial charge in [-0.05, 0) is 119 Å². The van der Waals surface area contributed by atoms with Gasteiger partial charge in [-0.1, -0.05) is 133 Å². The molecule has 0 spiro atoms. The van der Waals surface area contributed by atoms with Crippen LogP contribution in [0.25, 0.3) is 10.8 Å². The van der Waals surface area contributed by atoms with E-state index in [2.05, 4.69) is 61.4 Å². The molecule has 386 valence electrons. The van der Waals surface area contributed by atoms with E-state index in [0.717, 1.165) is 69.2 Å². The number of amides is 1. The highest BCUT2D eigenvalue weighted by Gasteiger charge is 2.66. The normalized spacial score (nSPS) is 21.2. The molecule has 9 rings (SSSR count). The minimum absolute atomic E-state index is 0.0121. The maximum Gasteiger partial charge on any atom is 0.410 e. The average Bonchev–Trinajstić information content (AvgIpc) is 3.44. The average molecular weight is 1020 g/mol. The van der Waals surface area contributed by atoms with Crippen molar-refractivity contribution in [1.82, 2.24) is 4.90 Å². The maximum absolute atomic E-state index is 15.4. The maximum atomic E-state index is 15.4. The lowest BCUT2D eigenvalue weighted by molar-refractivity contribution is -0.256. The molecule has 6 aromatic rings. The number of unbranched alkanes of at least 4 members (excludes halogenated alkanes) is 2. The summed E-state index contributed by atoms with van der Waals surface area (Å²) in [6, 6.07) is 47.4. The molecule has 12 heteroatoms. The number of aliphatic hydroxyl groups is 2. The molecule has 3 aliphatic rings. The lowest BCUT2D eigenvalue weighted by Gasteiger charge is -2.59. The first kappa shape index (κ1) is 52.5. The third-order valence-corrected chi connectivity index (χ3v) is 15.3. The van der Waals surface area contributed by atoms with Crippen LogP contribution < -0.4 is 9.47 Å². The number of ether oxygens (including phenoxy) is 5. The molecule has 0 saturated heterocycles. The van der Waals surface area contributed by atoms with Crippen LogP contribution in [0.5, 0.6) is 17.2 Å². The van der Waals surface area contributed by atoms with E-state index in [1.54, 1.807) is 22.7 Å². The summed E-state index contributed by atoms with van der Waals surface area (Å²) in [5.41, 5.74) is 5.50. The van der Waals surface area contributed by atoms with E-state index < -0.39 is 23.8 Å². The summed E-state index contributed by atoms with van der Waals surface area (Å²) in [5.74, 6) is -0.233. The summed E-state index contributed by atoms with van der Waals surface area (Å²) in [5, 5.41) is 27.4. The second-order valence-electron chi connectivity index (χ2n) is 19.2. The number of oxime groups is 1. The lowest BCUT2D eigenvalue weighted by Crippen LogP contribution is -2.70. The van der Waals surface area contributed by atoms with Gasteiger partial charge in [0, 0.05) is 36.0 Å². The number of aliphatic hydroxyl groups excluding tert-OH is 2. The topological polar surface area (TPSA) is 129 Å². The summed E-state index contributed by atoms with van der Waals surface area (Å²) in [6.07, 6.45) is 10.3. The zero-order valence-corrected chi connectivity index (χ0v) is 43.1. The molecular formula is C62H68N2O9S. The fraction of sp³-hybridized carbons (Fsp3) is 0.355. The molecule has 1 fully saturated rings. The van der Waals surface area contributed by atoms with E-state index in [4.69, 9.17) is 33.7 Å². The molecule has 6 aromatic carbocycles. The van der Waals surface area contributed by atoms with Crippen LogP contribution in [0, 0.1) is 17.8 Å². The van der Waals surface area contributed by atoms with Crippen LogP contribution >= 0.6 is 11.8 Å². The minimum atomic E-state index is -1.51. The van der Waals surface area contributed by atoms with E-state index in [0.29, 0.717) is 42.4 Å². The van der Waals surface area contributed by atoms with E-state index in [1.165, 1.54) is 0 Å². The number of thioether (sulfide) groups is 1. The third kappa shape index (κ3) is 12.2. The number of carbonyl (C=O) groups is 1. The first-order chi connectivity index (χ1) is 36.4. The van der Waals surface area contributed by atoms with Gasteiger partial charge in [-0.15, -0.1) is 18.3 Å². The number of fused-ring (bicyclic) bond motifs is 3. The highest BCUT2D eigenvalue weighted by atomic mass is 32.2. The quantitative estimate of drug-likeness (QED) is 0.0248. The molecule has 1 amide bonds. The Bertz CT molecular complexity index is 2840. The van der Waals surface area contributed by atoms with Crippen LogP contribution in [0.1, 0.15) is 73.1 Å². The van der Waals surface area contributed by atoms with Crippen molar-refractivity contribution in [2.45, 2.75) is 87.3 Å². The fourth-order valence-electron chi connectivity index (χ4n) is 11.2. The zero-order valence-electron chi connectivity index (χ0n) is 42.3. The van der Waals surface area contributed by atoms with Gasteiger partial charge in [-0.3, -0.25) is 4.90 Å². The number of nitrogens with zero attached hydrogens (tertiary/aromatic N) is 2. The van der Waals surface area contributed by atoms with Crippen molar-refractivity contribution < 1.29 is 43.5 Å². The van der Waals surface area contributed by atoms with Crippen LogP contribution in [0.3, 0.4) is 0 Å². The molecular weight excluding hydrogens is 949 g/mol. The van der Waals surface area contributed by atoms with Crippen molar-refractivity contribution in [3.8, 4) is 17.2 Å². The Hall–Kier alpha value is -6.41. The smallest absolute Gasteiger partial charge is 0.410 e. The SMILES string of the molecule is C=CCO[C@@]12Oc3ccc(Oc4ccc(SC)cc4)cc3[C@H]3[C@H](CCCCO)[C@@H](CCCCO)C=C(C(=NOCc4ccccc4)C[C@@H]1N(Cc1cccc4ccccc14)C(=O)OCCOCc1ccccc1)[C@H]32. The van der Waals surface area contributed by atoms with Crippen molar-refractivity contribution in [2.24, 2.45) is 22.9 Å². The van der Waals surface area contributed by atoms with E-state index in [-0.39, 0.29) is 70.4 Å². The Balaban J connectivity index is 1.21. The number of rotatable bonds is 25. The van der Waals surface area contributed by atoms with Crippen molar-refractivity contribution in [2.75, 3.05) is 39.3 Å². The van der Waals surface area contributed by atoms with Crippen LogP contribution in [0.4, 0.5) is 4.79 Å². The van der Waals surface area contributed by atoms with Crippen molar-refractivity contribution in [3.05, 3.63) is 192 Å². The van der Waals surface area contributed by atoms with Gasteiger partial charge < -0.3 is 38.7 Å². The summed E-state index contributed by atoms with van der Waals surface area (Å²) < 4.78 is 33.8. The van der Waals surface area contributed by atoms with Crippen molar-refractivity contribution >= 4 is 34.3 Å². The van der Waals surface area contributed by atoms with Crippen molar-refractivity contribution in [1.29, 1.82) is 0 Å². The van der Waals surface area contributed by atoms with Crippen LogP contribution in [0.2, 0.25) is 0 Å². The molecule has 1 aliphatic heterocycles. The van der Waals surface area contributed by atoms with Crippen LogP contribution in [0.15, 0.2) is 180 Å². The Labute approximate surface area is 439 Å². The Morgan fingerprint density at radius 2 is 1.51 bits per heavy atom. The van der Waals surface area contributed by atoms with Gasteiger partial charge in [-0.25, -0.2) is 4.79 Å². The van der Waals surface area contributed by atoms with E-state index in [1.807, 2.05) is 103 Å². The van der Waals surface area contributed by atoms with E-state index >= 15 is 4.79 Å². The second-order valence-corrected chi connectivity index (χ2v) is 20.1. The van der Waals surface area contributed by atoms with E-state index in [9.17, 15) is 10.2 Å². The molecule has 0 bridgehead atoms. The number of allylic oxidation sites excluding steroid dienone is 1. The first-order valence-electron chi connectivity index (χ1n) is 26.0. The predicted molar refractivity (Wildman–Crippen MR) is 291 cm³/mol. The minimum Gasteiger partial charge on any atom is -0.459 e. The van der Waals surface area contributed by atoms with Gasteiger partial charge in [-0.2, -0.15) is 0 Å². The second kappa shape index (κ2) is 25.7. The largest absolute Gasteiger partial charge is 0.459 e. The molecule has 2 N–H and O–H groups in total. The Morgan fingerprint density at radius 3 is 2.26 bits per heavy atom. The van der Waals surface area contributed by atoms with Crippen LogP contribution in [-0.2, 0) is 38.8 Å². The number of hydrogen-bond acceptors (Lipinski definition) is 11. The van der Waals surface area contributed by atoms with Crippen LogP contribution in [-0.4, -0.2) is 78.0 Å². The molecule has 6 atom stereocenters. The lowest BCUT2D eigenvalue weighted by atomic mass is 9.55. The van der Waals surface area contributed by atoms with Crippen molar-refractivity contribution in [3.63, 3.8) is 0 Å². The summed E-state index contributed by atoms with van der Waals surface area (Å²) in [7, 11) is 0. The first-order valence-corrected chi connectivity index (χ1v) is 27.2. The molecule has 1 saturated carbocycles.